The average Bonchev–Trinajstić information content (AvgIpc) is 2.32. The SMILES string of the molecule is Cc1cc(C)c(C(N)=S)c(Nc2ccc(Br)c(C)c2)n1. The van der Waals surface area contributed by atoms with Crippen molar-refractivity contribution < 1.29 is 0 Å². The quantitative estimate of drug-likeness (QED) is 0.817. The van der Waals surface area contributed by atoms with Crippen molar-refractivity contribution in [3.63, 3.8) is 0 Å². The van der Waals surface area contributed by atoms with Crippen LogP contribution in [0.2, 0.25) is 0 Å². The van der Waals surface area contributed by atoms with Gasteiger partial charge in [0.25, 0.3) is 0 Å². The lowest BCUT2D eigenvalue weighted by Gasteiger charge is -2.14. The van der Waals surface area contributed by atoms with Crippen molar-refractivity contribution in [2.24, 2.45) is 5.73 Å². The number of pyridine rings is 1. The van der Waals surface area contributed by atoms with Crippen LogP contribution in [0.25, 0.3) is 0 Å². The van der Waals surface area contributed by atoms with Crippen LogP contribution in [-0.4, -0.2) is 9.97 Å². The third-order valence-electron chi connectivity index (χ3n) is 3.01. The second-order valence-corrected chi connectivity index (χ2v) is 6.05. The molecule has 0 aliphatic carbocycles. The Balaban J connectivity index is 2.47. The highest BCUT2D eigenvalue weighted by Gasteiger charge is 2.12. The van der Waals surface area contributed by atoms with E-state index in [1.807, 2.05) is 45.0 Å². The fourth-order valence-electron chi connectivity index (χ4n) is 2.10. The Hall–Kier alpha value is -1.46. The van der Waals surface area contributed by atoms with Gasteiger partial charge in [-0.1, -0.05) is 28.1 Å². The molecule has 0 radical (unpaired) electrons. The Bertz CT molecular complexity index is 683. The van der Waals surface area contributed by atoms with E-state index in [0.29, 0.717) is 10.8 Å². The number of anilines is 2. The van der Waals surface area contributed by atoms with Crippen molar-refractivity contribution >= 4 is 44.6 Å². The Morgan fingerprint density at radius 2 is 1.90 bits per heavy atom. The van der Waals surface area contributed by atoms with Gasteiger partial charge in [-0.15, -0.1) is 0 Å². The lowest BCUT2D eigenvalue weighted by molar-refractivity contribution is 1.17. The Morgan fingerprint density at radius 3 is 2.50 bits per heavy atom. The van der Waals surface area contributed by atoms with Crippen LogP contribution in [0.4, 0.5) is 11.5 Å². The number of nitrogens with one attached hydrogen (secondary N) is 1. The summed E-state index contributed by atoms with van der Waals surface area (Å²) >= 11 is 8.62. The molecule has 2 aromatic rings. The monoisotopic (exact) mass is 349 g/mol. The van der Waals surface area contributed by atoms with Crippen LogP contribution in [0.3, 0.4) is 0 Å². The number of benzene rings is 1. The molecular weight excluding hydrogens is 334 g/mol. The molecule has 0 aliphatic heterocycles. The fourth-order valence-corrected chi connectivity index (χ4v) is 2.60. The molecule has 1 aromatic carbocycles. The van der Waals surface area contributed by atoms with Gasteiger partial charge in [-0.25, -0.2) is 4.98 Å². The summed E-state index contributed by atoms with van der Waals surface area (Å²) in [5.41, 5.74) is 10.7. The number of aryl methyl sites for hydroxylation is 3. The highest BCUT2D eigenvalue weighted by atomic mass is 79.9. The number of nitrogens with zero attached hydrogens (tertiary/aromatic N) is 1. The van der Waals surface area contributed by atoms with Crippen molar-refractivity contribution in [1.29, 1.82) is 0 Å². The molecule has 0 saturated carbocycles. The van der Waals surface area contributed by atoms with Crippen LogP contribution < -0.4 is 11.1 Å². The number of hydrogen-bond acceptors (Lipinski definition) is 3. The van der Waals surface area contributed by atoms with Gasteiger partial charge in [0.05, 0.1) is 5.56 Å². The van der Waals surface area contributed by atoms with Crippen molar-refractivity contribution in [3.8, 4) is 0 Å². The van der Waals surface area contributed by atoms with Gasteiger partial charge in [-0.3, -0.25) is 0 Å². The van der Waals surface area contributed by atoms with Crippen molar-refractivity contribution in [3.05, 3.63) is 51.1 Å². The zero-order valence-corrected chi connectivity index (χ0v) is 14.0. The largest absolute Gasteiger partial charge is 0.389 e. The van der Waals surface area contributed by atoms with E-state index < -0.39 is 0 Å². The molecule has 0 fully saturated rings. The normalized spacial score (nSPS) is 10.4. The smallest absolute Gasteiger partial charge is 0.141 e. The van der Waals surface area contributed by atoms with E-state index in [4.69, 9.17) is 18.0 Å². The minimum Gasteiger partial charge on any atom is -0.389 e. The first-order chi connectivity index (χ1) is 9.38. The Labute approximate surface area is 132 Å². The second kappa shape index (κ2) is 5.89. The lowest BCUT2D eigenvalue weighted by atomic mass is 10.1. The van der Waals surface area contributed by atoms with Crippen molar-refractivity contribution in [1.82, 2.24) is 4.98 Å². The molecule has 0 aliphatic rings. The van der Waals surface area contributed by atoms with E-state index in [-0.39, 0.29) is 0 Å². The van der Waals surface area contributed by atoms with Gasteiger partial charge in [0.15, 0.2) is 0 Å². The van der Waals surface area contributed by atoms with E-state index in [9.17, 15) is 0 Å². The summed E-state index contributed by atoms with van der Waals surface area (Å²) in [6.07, 6.45) is 0. The molecule has 104 valence electrons. The van der Waals surface area contributed by atoms with Gasteiger partial charge in [0.2, 0.25) is 0 Å². The topological polar surface area (TPSA) is 50.9 Å². The predicted molar refractivity (Wildman–Crippen MR) is 91.8 cm³/mol. The Morgan fingerprint density at radius 1 is 1.20 bits per heavy atom. The van der Waals surface area contributed by atoms with Gasteiger partial charge in [0, 0.05) is 15.9 Å². The number of nitrogens with two attached hydrogens (primary N) is 1. The van der Waals surface area contributed by atoms with Gasteiger partial charge in [-0.2, -0.15) is 0 Å². The van der Waals surface area contributed by atoms with Gasteiger partial charge in [-0.05, 0) is 56.2 Å². The molecule has 2 rings (SSSR count). The lowest BCUT2D eigenvalue weighted by Crippen LogP contribution is -2.15. The predicted octanol–water partition coefficient (Wildman–Crippen LogP) is 4.15. The molecule has 20 heavy (non-hydrogen) atoms. The summed E-state index contributed by atoms with van der Waals surface area (Å²) in [5.74, 6) is 0.705. The molecular formula is C15H16BrN3S. The second-order valence-electron chi connectivity index (χ2n) is 4.76. The minimum absolute atomic E-state index is 0.353. The summed E-state index contributed by atoms with van der Waals surface area (Å²) in [6, 6.07) is 8.01. The molecule has 5 heteroatoms. The highest BCUT2D eigenvalue weighted by molar-refractivity contribution is 9.10. The number of thiocarbonyl (C=S) groups is 1. The maximum absolute atomic E-state index is 5.82. The van der Waals surface area contributed by atoms with Crippen LogP contribution in [0.15, 0.2) is 28.7 Å². The average molecular weight is 350 g/mol. The minimum atomic E-state index is 0.353. The van der Waals surface area contributed by atoms with E-state index in [2.05, 4.69) is 26.2 Å². The summed E-state index contributed by atoms with van der Waals surface area (Å²) in [5, 5.41) is 3.30. The maximum atomic E-state index is 5.82. The summed E-state index contributed by atoms with van der Waals surface area (Å²) in [6.45, 7) is 5.98. The molecule has 0 unspecified atom stereocenters. The first-order valence-electron chi connectivity index (χ1n) is 6.19. The summed E-state index contributed by atoms with van der Waals surface area (Å²) in [4.78, 5) is 4.87. The number of halogens is 1. The van der Waals surface area contributed by atoms with Crippen molar-refractivity contribution in [2.75, 3.05) is 5.32 Å². The molecule has 0 saturated heterocycles. The molecule has 0 spiro atoms. The first-order valence-corrected chi connectivity index (χ1v) is 7.40. The van der Waals surface area contributed by atoms with Crippen LogP contribution >= 0.6 is 28.1 Å². The fraction of sp³-hybridized carbons (Fsp3) is 0.200. The Kier molecular flexibility index (Phi) is 4.40. The van der Waals surface area contributed by atoms with Crippen LogP contribution in [0.5, 0.6) is 0 Å². The van der Waals surface area contributed by atoms with Crippen LogP contribution in [0.1, 0.15) is 22.4 Å². The third kappa shape index (κ3) is 3.16. The maximum Gasteiger partial charge on any atom is 0.141 e. The molecule has 3 nitrogen and oxygen atoms in total. The van der Waals surface area contributed by atoms with Crippen LogP contribution in [0, 0.1) is 20.8 Å². The van der Waals surface area contributed by atoms with Gasteiger partial charge in [0.1, 0.15) is 10.8 Å². The zero-order chi connectivity index (χ0) is 14.9. The van der Waals surface area contributed by atoms with E-state index >= 15 is 0 Å². The number of aromatic nitrogens is 1. The third-order valence-corrected chi connectivity index (χ3v) is 4.11. The van der Waals surface area contributed by atoms with Gasteiger partial charge < -0.3 is 11.1 Å². The number of hydrogen-bond donors (Lipinski definition) is 2. The standard InChI is InChI=1S/C15H16BrN3S/c1-8-7-11(4-5-12(8)16)19-15-13(14(17)20)9(2)6-10(3)18-15/h4-7H,1-3H3,(H2,17,20)(H,18,19). The van der Waals surface area contributed by atoms with Crippen LogP contribution in [-0.2, 0) is 0 Å². The molecule has 3 N–H and O–H groups in total. The van der Waals surface area contributed by atoms with E-state index in [1.54, 1.807) is 0 Å². The molecule has 1 aromatic heterocycles. The molecule has 0 atom stereocenters. The summed E-state index contributed by atoms with van der Waals surface area (Å²) < 4.78 is 1.08. The number of rotatable bonds is 3. The highest BCUT2D eigenvalue weighted by Crippen LogP contribution is 2.25. The van der Waals surface area contributed by atoms with Crippen molar-refractivity contribution in [2.45, 2.75) is 20.8 Å². The first kappa shape index (κ1) is 14.9. The van der Waals surface area contributed by atoms with E-state index in [1.165, 1.54) is 0 Å². The summed E-state index contributed by atoms with van der Waals surface area (Å²) in [7, 11) is 0. The molecule has 1 heterocycles. The van der Waals surface area contributed by atoms with E-state index in [0.717, 1.165) is 32.5 Å². The molecule has 0 bridgehead atoms. The molecule has 0 amide bonds. The van der Waals surface area contributed by atoms with Gasteiger partial charge >= 0.3 is 0 Å². The zero-order valence-electron chi connectivity index (χ0n) is 11.6.